The van der Waals surface area contributed by atoms with Gasteiger partial charge in [0.2, 0.25) is 0 Å². The maximum Gasteiger partial charge on any atom is 0.147 e. The molecule has 0 radical (unpaired) electrons. The molecule has 0 aliphatic rings. The van der Waals surface area contributed by atoms with Gasteiger partial charge in [-0.05, 0) is 48.6 Å². The van der Waals surface area contributed by atoms with E-state index in [1.54, 1.807) is 0 Å². The second-order valence-electron chi connectivity index (χ2n) is 5.10. The molecule has 2 rings (SSSR count). The molecule has 0 bridgehead atoms. The van der Waals surface area contributed by atoms with E-state index in [0.29, 0.717) is 6.42 Å². The fourth-order valence-electron chi connectivity index (χ4n) is 2.08. The Kier molecular flexibility index (Phi) is 6.57. The van der Waals surface area contributed by atoms with Crippen LogP contribution in [0.25, 0.3) is 0 Å². The third-order valence-electron chi connectivity index (χ3n) is 3.30. The summed E-state index contributed by atoms with van der Waals surface area (Å²) < 4.78 is 4.40. The fraction of sp³-hybridized carbons (Fsp3) is 0.467. The molecule has 0 aliphatic heterocycles. The number of nitrogens with zero attached hydrogens (tertiary/aromatic N) is 2. The van der Waals surface area contributed by atoms with Gasteiger partial charge < -0.3 is 11.5 Å². The van der Waals surface area contributed by atoms with Crippen molar-refractivity contribution in [3.63, 3.8) is 0 Å². The van der Waals surface area contributed by atoms with Gasteiger partial charge in [0.05, 0.1) is 6.04 Å². The van der Waals surface area contributed by atoms with Gasteiger partial charge in [-0.2, -0.15) is 4.37 Å². The summed E-state index contributed by atoms with van der Waals surface area (Å²) in [6, 6.07) is 7.74. The molecule has 21 heavy (non-hydrogen) atoms. The highest BCUT2D eigenvalue weighted by molar-refractivity contribution is 7.05. The Bertz CT molecular complexity index is 541. The van der Waals surface area contributed by atoms with Crippen LogP contribution in [0.15, 0.2) is 24.3 Å². The minimum Gasteiger partial charge on any atom is -0.330 e. The van der Waals surface area contributed by atoms with Gasteiger partial charge in [0, 0.05) is 11.4 Å². The van der Waals surface area contributed by atoms with Crippen molar-refractivity contribution < 1.29 is 0 Å². The summed E-state index contributed by atoms with van der Waals surface area (Å²) in [6.07, 6.45) is 4.93. The molecule has 0 aliphatic carbocycles. The van der Waals surface area contributed by atoms with Crippen LogP contribution in [0.4, 0.5) is 0 Å². The number of hydrogen-bond acceptors (Lipinski definition) is 5. The lowest BCUT2D eigenvalue weighted by Gasteiger charge is -2.06. The first-order chi connectivity index (χ1) is 10.2. The van der Waals surface area contributed by atoms with Crippen LogP contribution in [-0.4, -0.2) is 15.9 Å². The normalized spacial score (nSPS) is 12.5. The van der Waals surface area contributed by atoms with Gasteiger partial charge >= 0.3 is 0 Å². The quantitative estimate of drug-likeness (QED) is 0.730. The van der Waals surface area contributed by atoms with Crippen LogP contribution in [0.5, 0.6) is 0 Å². The summed E-state index contributed by atoms with van der Waals surface area (Å²) in [6.45, 7) is 0.749. The van der Waals surface area contributed by atoms with Crippen LogP contribution >= 0.6 is 23.1 Å². The van der Waals surface area contributed by atoms with E-state index in [-0.39, 0.29) is 6.04 Å². The molecule has 2 aromatic rings. The predicted molar refractivity (Wildman–Crippen MR) is 88.6 cm³/mol. The van der Waals surface area contributed by atoms with Gasteiger partial charge in [-0.25, -0.2) is 4.98 Å². The summed E-state index contributed by atoms with van der Waals surface area (Å²) >= 11 is 7.28. The Morgan fingerprint density at radius 1 is 1.14 bits per heavy atom. The monoisotopic (exact) mass is 324 g/mol. The van der Waals surface area contributed by atoms with E-state index in [1.807, 2.05) is 24.3 Å². The summed E-state index contributed by atoms with van der Waals surface area (Å²) in [7, 11) is 0. The lowest BCUT2D eigenvalue weighted by Crippen LogP contribution is -2.10. The number of aromatic nitrogens is 2. The number of halogens is 1. The maximum atomic E-state index is 6.16. The molecule has 1 aromatic carbocycles. The van der Waals surface area contributed by atoms with E-state index in [2.05, 4.69) is 9.36 Å². The van der Waals surface area contributed by atoms with Crippen molar-refractivity contribution >= 4 is 23.1 Å². The minimum absolute atomic E-state index is 0.0146. The standard InChI is InChI=1S/C15H21ClN4S/c16-12-7-5-11(6-8-12)10-14-19-15(21-20-14)13(18)4-2-1-3-9-17/h5-8,13H,1-4,9-10,17-18H2. The molecular weight excluding hydrogens is 304 g/mol. The molecule has 1 atom stereocenters. The van der Waals surface area contributed by atoms with Gasteiger partial charge in [-0.15, -0.1) is 0 Å². The summed E-state index contributed by atoms with van der Waals surface area (Å²) in [4.78, 5) is 4.55. The average molecular weight is 325 g/mol. The zero-order valence-corrected chi connectivity index (χ0v) is 13.5. The maximum absolute atomic E-state index is 6.16. The number of hydrogen-bond donors (Lipinski definition) is 2. The van der Waals surface area contributed by atoms with Gasteiger partial charge in [-0.3, -0.25) is 0 Å². The Hall–Kier alpha value is -1.01. The number of rotatable bonds is 8. The van der Waals surface area contributed by atoms with Gasteiger partial charge in [0.25, 0.3) is 0 Å². The van der Waals surface area contributed by atoms with E-state index in [1.165, 1.54) is 11.5 Å². The molecule has 0 spiro atoms. The Morgan fingerprint density at radius 3 is 2.62 bits per heavy atom. The molecule has 1 aromatic heterocycles. The van der Waals surface area contributed by atoms with Gasteiger partial charge in [0.15, 0.2) is 0 Å². The Balaban J connectivity index is 1.87. The number of nitrogens with two attached hydrogens (primary N) is 2. The molecule has 0 fully saturated rings. The third kappa shape index (κ3) is 5.36. The van der Waals surface area contributed by atoms with Crippen LogP contribution in [0.1, 0.15) is 48.1 Å². The highest BCUT2D eigenvalue weighted by atomic mass is 35.5. The molecule has 4 nitrogen and oxygen atoms in total. The first-order valence-electron chi connectivity index (χ1n) is 7.21. The first kappa shape index (κ1) is 16.4. The van der Waals surface area contributed by atoms with E-state index < -0.39 is 0 Å². The van der Waals surface area contributed by atoms with Crippen LogP contribution in [-0.2, 0) is 6.42 Å². The highest BCUT2D eigenvalue weighted by Crippen LogP contribution is 2.20. The number of unbranched alkanes of at least 4 members (excludes halogenated alkanes) is 2. The zero-order valence-electron chi connectivity index (χ0n) is 12.0. The smallest absolute Gasteiger partial charge is 0.147 e. The second-order valence-corrected chi connectivity index (χ2v) is 6.32. The van der Waals surface area contributed by atoms with Crippen molar-refractivity contribution in [1.29, 1.82) is 0 Å². The lowest BCUT2D eigenvalue weighted by atomic mass is 10.1. The molecular formula is C15H21ClN4S. The van der Waals surface area contributed by atoms with Crippen molar-refractivity contribution in [3.05, 3.63) is 45.7 Å². The van der Waals surface area contributed by atoms with Crippen LogP contribution in [0, 0.1) is 0 Å². The van der Waals surface area contributed by atoms with Crippen molar-refractivity contribution in [2.24, 2.45) is 11.5 Å². The average Bonchev–Trinajstić information content (AvgIpc) is 2.94. The lowest BCUT2D eigenvalue weighted by molar-refractivity contribution is 0.570. The second kappa shape index (κ2) is 8.44. The fourth-order valence-corrected chi connectivity index (χ4v) is 2.91. The van der Waals surface area contributed by atoms with Crippen molar-refractivity contribution in [1.82, 2.24) is 9.36 Å². The van der Waals surface area contributed by atoms with E-state index in [0.717, 1.165) is 53.6 Å². The van der Waals surface area contributed by atoms with Crippen LogP contribution in [0.3, 0.4) is 0 Å². The summed E-state index contributed by atoms with van der Waals surface area (Å²) in [5.74, 6) is 0.828. The molecule has 6 heteroatoms. The topological polar surface area (TPSA) is 77.8 Å². The van der Waals surface area contributed by atoms with Crippen molar-refractivity contribution in [2.75, 3.05) is 6.54 Å². The molecule has 1 heterocycles. The van der Waals surface area contributed by atoms with E-state index >= 15 is 0 Å². The number of benzene rings is 1. The zero-order chi connectivity index (χ0) is 15.1. The molecule has 0 amide bonds. The molecule has 114 valence electrons. The SMILES string of the molecule is NCCCCCC(N)c1nc(Cc2ccc(Cl)cc2)ns1. The Labute approximate surface area is 134 Å². The molecule has 0 saturated heterocycles. The van der Waals surface area contributed by atoms with Crippen LogP contribution < -0.4 is 11.5 Å². The molecule has 1 unspecified atom stereocenters. The van der Waals surface area contributed by atoms with Crippen LogP contribution in [0.2, 0.25) is 5.02 Å². The highest BCUT2D eigenvalue weighted by Gasteiger charge is 2.12. The summed E-state index contributed by atoms with van der Waals surface area (Å²) in [5.41, 5.74) is 12.8. The summed E-state index contributed by atoms with van der Waals surface area (Å²) in [5, 5.41) is 1.66. The largest absolute Gasteiger partial charge is 0.330 e. The molecule has 4 N–H and O–H groups in total. The third-order valence-corrected chi connectivity index (χ3v) is 4.43. The first-order valence-corrected chi connectivity index (χ1v) is 8.36. The predicted octanol–water partition coefficient (Wildman–Crippen LogP) is 3.30. The van der Waals surface area contributed by atoms with Crippen molar-refractivity contribution in [2.45, 2.75) is 38.1 Å². The van der Waals surface area contributed by atoms with Gasteiger partial charge in [-0.1, -0.05) is 36.6 Å². The molecule has 0 saturated carbocycles. The van der Waals surface area contributed by atoms with E-state index in [9.17, 15) is 0 Å². The Morgan fingerprint density at radius 2 is 1.90 bits per heavy atom. The van der Waals surface area contributed by atoms with Crippen molar-refractivity contribution in [3.8, 4) is 0 Å². The van der Waals surface area contributed by atoms with E-state index in [4.69, 9.17) is 23.1 Å². The minimum atomic E-state index is -0.0146. The van der Waals surface area contributed by atoms with Gasteiger partial charge in [0.1, 0.15) is 10.8 Å².